The third kappa shape index (κ3) is 1.18. The van der Waals surface area contributed by atoms with Crippen LogP contribution in [0.3, 0.4) is 0 Å². The van der Waals surface area contributed by atoms with Gasteiger partial charge in [0.2, 0.25) is 0 Å². The summed E-state index contributed by atoms with van der Waals surface area (Å²) in [5.41, 5.74) is 7.53. The van der Waals surface area contributed by atoms with Crippen LogP contribution in [0.1, 0.15) is 0 Å². The lowest BCUT2D eigenvalue weighted by atomic mass is 10.0. The minimum absolute atomic E-state index is 0.227. The molecule has 2 aromatic carbocycles. The Morgan fingerprint density at radius 3 is 2.81 bits per heavy atom. The molecule has 3 aromatic rings. The SMILES string of the molecule is Nc1cc2cccnc2c2cc(O)ccc12. The number of benzene rings is 2. The zero-order chi connectivity index (χ0) is 11.1. The highest BCUT2D eigenvalue weighted by Crippen LogP contribution is 2.31. The first-order valence-electron chi connectivity index (χ1n) is 5.01. The van der Waals surface area contributed by atoms with Crippen LogP contribution < -0.4 is 5.73 Å². The number of phenolic OH excluding ortho intramolecular Hbond substituents is 1. The monoisotopic (exact) mass is 210 g/mol. The Labute approximate surface area is 92.1 Å². The molecule has 3 nitrogen and oxygen atoms in total. The molecule has 0 fully saturated rings. The highest BCUT2D eigenvalue weighted by atomic mass is 16.3. The third-order valence-corrected chi connectivity index (χ3v) is 2.72. The van der Waals surface area contributed by atoms with E-state index in [1.165, 1.54) is 0 Å². The molecule has 3 N–H and O–H groups in total. The number of fused-ring (bicyclic) bond motifs is 3. The van der Waals surface area contributed by atoms with Gasteiger partial charge in [-0.15, -0.1) is 0 Å². The molecule has 0 aliphatic rings. The number of nitrogen functional groups attached to an aromatic ring is 1. The van der Waals surface area contributed by atoms with Gasteiger partial charge in [0.05, 0.1) is 5.52 Å². The fourth-order valence-electron chi connectivity index (χ4n) is 1.98. The minimum Gasteiger partial charge on any atom is -0.508 e. The Hall–Kier alpha value is -2.29. The van der Waals surface area contributed by atoms with Gasteiger partial charge >= 0.3 is 0 Å². The van der Waals surface area contributed by atoms with Crippen molar-refractivity contribution >= 4 is 27.4 Å². The molecule has 0 spiro atoms. The molecule has 0 radical (unpaired) electrons. The third-order valence-electron chi connectivity index (χ3n) is 2.72. The number of hydrogen-bond acceptors (Lipinski definition) is 3. The zero-order valence-electron chi connectivity index (χ0n) is 8.51. The van der Waals surface area contributed by atoms with Gasteiger partial charge < -0.3 is 10.8 Å². The number of hydrogen-bond donors (Lipinski definition) is 2. The van der Waals surface area contributed by atoms with Crippen LogP contribution in [0.2, 0.25) is 0 Å². The van der Waals surface area contributed by atoms with E-state index in [1.54, 1.807) is 18.3 Å². The van der Waals surface area contributed by atoms with Crippen LogP contribution in [0.4, 0.5) is 5.69 Å². The number of aromatic nitrogens is 1. The number of aromatic hydroxyl groups is 1. The van der Waals surface area contributed by atoms with Crippen molar-refractivity contribution in [3.63, 3.8) is 0 Å². The molecular formula is C13H10N2O. The Morgan fingerprint density at radius 2 is 1.94 bits per heavy atom. The number of nitrogens with two attached hydrogens (primary N) is 1. The average Bonchev–Trinajstić information content (AvgIpc) is 2.29. The zero-order valence-corrected chi connectivity index (χ0v) is 8.51. The molecule has 0 atom stereocenters. The highest BCUT2D eigenvalue weighted by Gasteiger charge is 2.05. The largest absolute Gasteiger partial charge is 0.508 e. The molecule has 0 aliphatic carbocycles. The second-order valence-electron chi connectivity index (χ2n) is 3.77. The first-order valence-corrected chi connectivity index (χ1v) is 5.01. The maximum Gasteiger partial charge on any atom is 0.116 e. The topological polar surface area (TPSA) is 59.1 Å². The molecule has 0 saturated carbocycles. The summed E-state index contributed by atoms with van der Waals surface area (Å²) in [4.78, 5) is 4.32. The van der Waals surface area contributed by atoms with Gasteiger partial charge in [0.25, 0.3) is 0 Å². The molecule has 1 heterocycles. The molecule has 0 amide bonds. The van der Waals surface area contributed by atoms with Crippen LogP contribution in [-0.2, 0) is 0 Å². The molecule has 0 unspecified atom stereocenters. The van der Waals surface area contributed by atoms with Gasteiger partial charge in [-0.1, -0.05) is 6.07 Å². The van der Waals surface area contributed by atoms with E-state index < -0.39 is 0 Å². The summed E-state index contributed by atoms with van der Waals surface area (Å²) in [5, 5.41) is 12.3. The lowest BCUT2D eigenvalue weighted by Gasteiger charge is -2.06. The number of rotatable bonds is 0. The predicted octanol–water partition coefficient (Wildman–Crippen LogP) is 2.68. The molecular weight excluding hydrogens is 200 g/mol. The van der Waals surface area contributed by atoms with Crippen molar-refractivity contribution in [3.05, 3.63) is 42.6 Å². The Morgan fingerprint density at radius 1 is 1.06 bits per heavy atom. The lowest BCUT2D eigenvalue weighted by Crippen LogP contribution is -1.89. The first kappa shape index (κ1) is 8.97. The van der Waals surface area contributed by atoms with Gasteiger partial charge in [0, 0.05) is 28.0 Å². The number of anilines is 1. The fraction of sp³-hybridized carbons (Fsp3) is 0. The summed E-state index contributed by atoms with van der Waals surface area (Å²) in [6.45, 7) is 0. The average molecular weight is 210 g/mol. The summed E-state index contributed by atoms with van der Waals surface area (Å²) in [7, 11) is 0. The quantitative estimate of drug-likeness (QED) is 0.443. The van der Waals surface area contributed by atoms with Crippen LogP contribution in [0.25, 0.3) is 21.7 Å². The summed E-state index contributed by atoms with van der Waals surface area (Å²) in [5.74, 6) is 0.227. The van der Waals surface area contributed by atoms with E-state index in [4.69, 9.17) is 5.73 Å². The molecule has 0 aliphatic heterocycles. The summed E-state index contributed by atoms with van der Waals surface area (Å²) < 4.78 is 0. The van der Waals surface area contributed by atoms with Crippen LogP contribution in [-0.4, -0.2) is 10.1 Å². The molecule has 16 heavy (non-hydrogen) atoms. The van der Waals surface area contributed by atoms with Crippen LogP contribution >= 0.6 is 0 Å². The Balaban J connectivity index is 2.61. The molecule has 0 bridgehead atoms. The molecule has 0 saturated heterocycles. The number of phenols is 1. The second kappa shape index (κ2) is 3.10. The van der Waals surface area contributed by atoms with Crippen molar-refractivity contribution < 1.29 is 5.11 Å². The fourth-order valence-corrected chi connectivity index (χ4v) is 1.98. The van der Waals surface area contributed by atoms with Gasteiger partial charge in [0.1, 0.15) is 5.75 Å². The van der Waals surface area contributed by atoms with Crippen LogP contribution in [0, 0.1) is 0 Å². The minimum atomic E-state index is 0.227. The number of nitrogens with zero attached hydrogens (tertiary/aromatic N) is 1. The second-order valence-corrected chi connectivity index (χ2v) is 3.77. The van der Waals surface area contributed by atoms with Gasteiger partial charge in [-0.3, -0.25) is 4.98 Å². The predicted molar refractivity (Wildman–Crippen MR) is 65.3 cm³/mol. The van der Waals surface area contributed by atoms with Crippen LogP contribution in [0.15, 0.2) is 42.6 Å². The Kier molecular flexibility index (Phi) is 1.74. The van der Waals surface area contributed by atoms with Crippen molar-refractivity contribution in [1.29, 1.82) is 0 Å². The molecule has 3 rings (SSSR count). The van der Waals surface area contributed by atoms with Gasteiger partial charge in [0.15, 0.2) is 0 Å². The van der Waals surface area contributed by atoms with Gasteiger partial charge in [-0.2, -0.15) is 0 Å². The number of pyridine rings is 1. The van der Waals surface area contributed by atoms with Crippen molar-refractivity contribution in [2.45, 2.75) is 0 Å². The maximum absolute atomic E-state index is 9.51. The summed E-state index contributed by atoms with van der Waals surface area (Å²) in [6, 6.07) is 10.9. The standard InChI is InChI=1S/C13H10N2O/c14-12-6-8-2-1-5-15-13(8)11-7-9(16)3-4-10(11)12/h1-7,16H,14H2. The normalized spacial score (nSPS) is 11.0. The van der Waals surface area contributed by atoms with E-state index >= 15 is 0 Å². The van der Waals surface area contributed by atoms with E-state index in [9.17, 15) is 5.11 Å². The van der Waals surface area contributed by atoms with Gasteiger partial charge in [-0.05, 0) is 30.3 Å². The highest BCUT2D eigenvalue weighted by molar-refractivity contribution is 6.10. The summed E-state index contributed by atoms with van der Waals surface area (Å²) >= 11 is 0. The Bertz CT molecular complexity index is 692. The van der Waals surface area contributed by atoms with E-state index in [1.807, 2.05) is 24.3 Å². The van der Waals surface area contributed by atoms with Crippen molar-refractivity contribution in [1.82, 2.24) is 4.98 Å². The van der Waals surface area contributed by atoms with E-state index in [-0.39, 0.29) is 5.75 Å². The van der Waals surface area contributed by atoms with E-state index in [0.29, 0.717) is 5.69 Å². The van der Waals surface area contributed by atoms with Crippen molar-refractivity contribution in [2.24, 2.45) is 0 Å². The summed E-state index contributed by atoms with van der Waals surface area (Å²) in [6.07, 6.45) is 1.74. The first-order chi connectivity index (χ1) is 7.75. The lowest BCUT2D eigenvalue weighted by molar-refractivity contribution is 0.476. The van der Waals surface area contributed by atoms with Gasteiger partial charge in [-0.25, -0.2) is 0 Å². The van der Waals surface area contributed by atoms with E-state index in [2.05, 4.69) is 4.98 Å². The van der Waals surface area contributed by atoms with Crippen molar-refractivity contribution in [3.8, 4) is 5.75 Å². The smallest absolute Gasteiger partial charge is 0.116 e. The van der Waals surface area contributed by atoms with Crippen molar-refractivity contribution in [2.75, 3.05) is 5.73 Å². The molecule has 1 aromatic heterocycles. The molecule has 3 heteroatoms. The van der Waals surface area contributed by atoms with Crippen LogP contribution in [0.5, 0.6) is 5.75 Å². The van der Waals surface area contributed by atoms with E-state index in [0.717, 1.165) is 21.7 Å². The maximum atomic E-state index is 9.51. The molecule has 78 valence electrons.